The summed E-state index contributed by atoms with van der Waals surface area (Å²) < 4.78 is 12.4. The van der Waals surface area contributed by atoms with Gasteiger partial charge in [0.05, 0.1) is 17.0 Å². The maximum atomic E-state index is 12.8. The first-order valence-electron chi connectivity index (χ1n) is 10.4. The summed E-state index contributed by atoms with van der Waals surface area (Å²) in [6, 6.07) is 7.41. The number of benzene rings is 1. The third-order valence-corrected chi connectivity index (χ3v) is 5.89. The lowest BCUT2D eigenvalue weighted by Gasteiger charge is -2.08. The third kappa shape index (κ3) is 5.78. The van der Waals surface area contributed by atoms with Crippen LogP contribution in [0, 0.1) is 20.8 Å². The zero-order chi connectivity index (χ0) is 24.1. The van der Waals surface area contributed by atoms with Crippen LogP contribution in [0.15, 0.2) is 30.5 Å². The van der Waals surface area contributed by atoms with E-state index in [0.717, 1.165) is 22.5 Å². The predicted octanol–water partition coefficient (Wildman–Crippen LogP) is 3.82. The highest BCUT2D eigenvalue weighted by Crippen LogP contribution is 2.33. The molecule has 10 heteroatoms. The molecule has 0 saturated heterocycles. The van der Waals surface area contributed by atoms with E-state index in [2.05, 4.69) is 10.4 Å². The summed E-state index contributed by atoms with van der Waals surface area (Å²) in [7, 11) is 0. The molecule has 0 unspecified atom stereocenters. The number of amides is 2. The molecular formula is C23H26N4O5S. The van der Waals surface area contributed by atoms with E-state index in [1.54, 1.807) is 13.1 Å². The van der Waals surface area contributed by atoms with Crippen LogP contribution in [0.3, 0.4) is 0 Å². The van der Waals surface area contributed by atoms with Crippen molar-refractivity contribution in [2.45, 2.75) is 40.8 Å². The minimum absolute atomic E-state index is 0.119. The van der Waals surface area contributed by atoms with Crippen LogP contribution in [0.2, 0.25) is 0 Å². The molecule has 0 spiro atoms. The van der Waals surface area contributed by atoms with Crippen LogP contribution in [-0.4, -0.2) is 34.2 Å². The molecule has 3 rings (SSSR count). The third-order valence-electron chi connectivity index (χ3n) is 4.67. The predicted molar refractivity (Wildman–Crippen MR) is 125 cm³/mol. The monoisotopic (exact) mass is 470 g/mol. The Balaban J connectivity index is 1.75. The lowest BCUT2D eigenvalue weighted by atomic mass is 10.1. The Morgan fingerprint density at radius 2 is 1.85 bits per heavy atom. The van der Waals surface area contributed by atoms with Crippen LogP contribution in [0.4, 0.5) is 5.00 Å². The summed E-state index contributed by atoms with van der Waals surface area (Å²) in [5.74, 6) is -1.14. The highest BCUT2D eigenvalue weighted by atomic mass is 32.1. The fourth-order valence-electron chi connectivity index (χ4n) is 3.23. The van der Waals surface area contributed by atoms with Crippen molar-refractivity contribution in [1.29, 1.82) is 0 Å². The number of hydrogen-bond acceptors (Lipinski definition) is 7. The van der Waals surface area contributed by atoms with Gasteiger partial charge in [-0.05, 0) is 62.1 Å². The molecule has 2 amide bonds. The molecule has 9 nitrogen and oxygen atoms in total. The molecule has 3 N–H and O–H groups in total. The summed E-state index contributed by atoms with van der Waals surface area (Å²) in [6.45, 7) is 7.77. The Hall–Kier alpha value is -3.66. The molecule has 0 fully saturated rings. The maximum Gasteiger partial charge on any atom is 0.341 e. The number of thiophene rings is 1. The summed E-state index contributed by atoms with van der Waals surface area (Å²) in [6.07, 6.45) is 2.25. The van der Waals surface area contributed by atoms with Gasteiger partial charge in [0.2, 0.25) is 0 Å². The first-order chi connectivity index (χ1) is 15.7. The first kappa shape index (κ1) is 24.0. The molecule has 0 bridgehead atoms. The van der Waals surface area contributed by atoms with Gasteiger partial charge in [0, 0.05) is 6.20 Å². The van der Waals surface area contributed by atoms with Crippen LogP contribution in [0.5, 0.6) is 5.75 Å². The van der Waals surface area contributed by atoms with Crippen molar-refractivity contribution >= 4 is 34.1 Å². The van der Waals surface area contributed by atoms with Gasteiger partial charge in [-0.15, -0.1) is 11.3 Å². The fraction of sp³-hybridized carbons (Fsp3) is 0.304. The number of primary amides is 1. The number of aryl methyl sites for hydroxylation is 2. The normalized spacial score (nSPS) is 10.7. The quantitative estimate of drug-likeness (QED) is 0.458. The zero-order valence-corrected chi connectivity index (χ0v) is 19.7. The first-order valence-corrected chi connectivity index (χ1v) is 11.2. The van der Waals surface area contributed by atoms with E-state index in [4.69, 9.17) is 15.2 Å². The fourth-order valence-corrected chi connectivity index (χ4v) is 4.27. The van der Waals surface area contributed by atoms with Crippen LogP contribution in [-0.2, 0) is 11.5 Å². The van der Waals surface area contributed by atoms with Gasteiger partial charge in [0.15, 0.2) is 12.4 Å². The number of anilines is 1. The molecule has 0 aliphatic rings. The van der Waals surface area contributed by atoms with Crippen LogP contribution >= 0.6 is 11.3 Å². The summed E-state index contributed by atoms with van der Waals surface area (Å²) >= 11 is 0.929. The molecule has 0 saturated carbocycles. The van der Waals surface area contributed by atoms with Gasteiger partial charge in [-0.3, -0.25) is 9.59 Å². The molecule has 2 aromatic heterocycles. The number of ether oxygens (including phenoxy) is 2. The number of nitrogens with two attached hydrogens (primary N) is 1. The highest BCUT2D eigenvalue weighted by Gasteiger charge is 2.26. The van der Waals surface area contributed by atoms with Crippen molar-refractivity contribution in [3.05, 3.63) is 63.3 Å². The van der Waals surface area contributed by atoms with Crippen molar-refractivity contribution in [3.63, 3.8) is 0 Å². The lowest BCUT2D eigenvalue weighted by Crippen LogP contribution is -2.16. The smallest absolute Gasteiger partial charge is 0.341 e. The Bertz CT molecular complexity index is 1180. The second-order valence-corrected chi connectivity index (χ2v) is 8.57. The van der Waals surface area contributed by atoms with Gasteiger partial charge in [-0.25, -0.2) is 9.48 Å². The van der Waals surface area contributed by atoms with Gasteiger partial charge < -0.3 is 20.5 Å². The largest absolute Gasteiger partial charge is 0.471 e. The molecule has 3 aromatic rings. The zero-order valence-electron chi connectivity index (χ0n) is 18.9. The number of carbonyl (C=O) groups excluding carboxylic acids is 3. The van der Waals surface area contributed by atoms with Crippen LogP contribution in [0.1, 0.15) is 60.6 Å². The molecule has 0 aliphatic carbocycles. The second kappa shape index (κ2) is 10.3. The molecule has 2 heterocycles. The molecule has 0 aliphatic heterocycles. The number of esters is 1. The van der Waals surface area contributed by atoms with Crippen molar-refractivity contribution in [2.24, 2.45) is 5.73 Å². The van der Waals surface area contributed by atoms with Crippen LogP contribution < -0.4 is 15.8 Å². The molecule has 0 atom stereocenters. The van der Waals surface area contributed by atoms with E-state index in [0.29, 0.717) is 17.7 Å². The van der Waals surface area contributed by atoms with E-state index in [9.17, 15) is 14.4 Å². The summed E-state index contributed by atoms with van der Waals surface area (Å²) in [4.78, 5) is 37.2. The van der Waals surface area contributed by atoms with Crippen molar-refractivity contribution in [2.75, 3.05) is 11.9 Å². The maximum absolute atomic E-state index is 12.8. The Morgan fingerprint density at radius 1 is 1.15 bits per heavy atom. The average Bonchev–Trinajstić information content (AvgIpc) is 3.34. The van der Waals surface area contributed by atoms with Gasteiger partial charge in [-0.2, -0.15) is 5.10 Å². The highest BCUT2D eigenvalue weighted by molar-refractivity contribution is 7.18. The number of carbonyl (C=O) groups is 3. The van der Waals surface area contributed by atoms with Gasteiger partial charge >= 0.3 is 5.97 Å². The molecular weight excluding hydrogens is 444 g/mol. The Morgan fingerprint density at radius 3 is 2.48 bits per heavy atom. The van der Waals surface area contributed by atoms with Crippen molar-refractivity contribution < 1.29 is 23.9 Å². The van der Waals surface area contributed by atoms with E-state index in [-0.39, 0.29) is 34.5 Å². The number of rotatable bonds is 9. The topological polar surface area (TPSA) is 126 Å². The molecule has 1 aromatic carbocycles. The van der Waals surface area contributed by atoms with E-state index in [1.807, 2.05) is 39.0 Å². The standard InChI is InChI=1S/C23H26N4O5S/c1-5-8-31-23(30)18-15(4)19(20(24)28)33-22(18)25-21(29)17-6-7-27(26-17)12-32-16-10-13(2)9-14(3)11-16/h6-7,9-11H,5,8,12H2,1-4H3,(H2,24,28)(H,25,29). The number of nitrogens with one attached hydrogen (secondary N) is 1. The molecule has 33 heavy (non-hydrogen) atoms. The van der Waals surface area contributed by atoms with Gasteiger partial charge in [-0.1, -0.05) is 13.0 Å². The second-order valence-electron chi connectivity index (χ2n) is 7.55. The summed E-state index contributed by atoms with van der Waals surface area (Å²) in [5, 5.41) is 7.08. The van der Waals surface area contributed by atoms with Crippen molar-refractivity contribution in [3.8, 4) is 5.75 Å². The molecule has 0 radical (unpaired) electrons. The SMILES string of the molecule is CCCOC(=O)c1c(NC(=O)c2ccn(COc3cc(C)cc(C)c3)n2)sc(C(N)=O)c1C. The van der Waals surface area contributed by atoms with E-state index >= 15 is 0 Å². The minimum Gasteiger partial charge on any atom is -0.471 e. The average molecular weight is 471 g/mol. The summed E-state index contributed by atoms with van der Waals surface area (Å²) in [5.41, 5.74) is 8.20. The Labute approximate surface area is 195 Å². The van der Waals surface area contributed by atoms with Crippen molar-refractivity contribution in [1.82, 2.24) is 9.78 Å². The number of nitrogens with zero attached hydrogens (tertiary/aromatic N) is 2. The van der Waals surface area contributed by atoms with Gasteiger partial charge in [0.1, 0.15) is 10.8 Å². The molecule has 174 valence electrons. The van der Waals surface area contributed by atoms with Crippen LogP contribution in [0.25, 0.3) is 0 Å². The minimum atomic E-state index is -0.685. The number of aromatic nitrogens is 2. The Kier molecular flexibility index (Phi) is 7.49. The van der Waals surface area contributed by atoms with E-state index in [1.165, 1.54) is 10.7 Å². The lowest BCUT2D eigenvalue weighted by molar-refractivity contribution is 0.0506. The van der Waals surface area contributed by atoms with Gasteiger partial charge in [0.25, 0.3) is 11.8 Å². The number of hydrogen-bond donors (Lipinski definition) is 2. The van der Waals surface area contributed by atoms with E-state index < -0.39 is 17.8 Å².